The van der Waals surface area contributed by atoms with Gasteiger partial charge in [0.05, 0.1) is 24.8 Å². The third-order valence-corrected chi connectivity index (χ3v) is 5.06. The number of ether oxygens (including phenoxy) is 2. The van der Waals surface area contributed by atoms with Gasteiger partial charge in [-0.3, -0.25) is 4.79 Å². The van der Waals surface area contributed by atoms with Crippen molar-refractivity contribution in [1.82, 2.24) is 4.98 Å². The molecule has 3 N–H and O–H groups in total. The Morgan fingerprint density at radius 2 is 1.97 bits per heavy atom. The number of amides is 1. The van der Waals surface area contributed by atoms with Crippen molar-refractivity contribution >= 4 is 23.4 Å². The van der Waals surface area contributed by atoms with Crippen molar-refractivity contribution in [1.29, 1.82) is 0 Å². The summed E-state index contributed by atoms with van der Waals surface area (Å²) in [6.45, 7) is 3.60. The van der Waals surface area contributed by atoms with Crippen molar-refractivity contribution in [2.24, 2.45) is 10.7 Å². The van der Waals surface area contributed by atoms with E-state index in [0.717, 1.165) is 37.4 Å². The van der Waals surface area contributed by atoms with E-state index in [1.54, 1.807) is 12.3 Å². The molecule has 3 heterocycles. The minimum absolute atomic E-state index is 0.127. The number of hydrogen-bond donors (Lipinski definition) is 2. The topological polar surface area (TPSA) is 102 Å². The zero-order chi connectivity index (χ0) is 20.1. The molecular weight excluding hydrogens is 370 g/mol. The van der Waals surface area contributed by atoms with Crippen molar-refractivity contribution in [3.8, 4) is 0 Å². The van der Waals surface area contributed by atoms with Crippen molar-refractivity contribution < 1.29 is 14.3 Å². The summed E-state index contributed by atoms with van der Waals surface area (Å²) in [5.41, 5.74) is 7.99. The van der Waals surface area contributed by atoms with Crippen molar-refractivity contribution in [2.75, 3.05) is 43.1 Å². The molecule has 1 aromatic heterocycles. The number of carbonyl (C=O) groups excluding carboxylic acids is 1. The van der Waals surface area contributed by atoms with E-state index in [2.05, 4.69) is 20.2 Å². The van der Waals surface area contributed by atoms with E-state index in [0.29, 0.717) is 25.4 Å². The van der Waals surface area contributed by atoms with Gasteiger partial charge in [-0.1, -0.05) is 12.1 Å². The van der Waals surface area contributed by atoms with Gasteiger partial charge < -0.3 is 25.4 Å². The molecule has 2 aromatic rings. The molecule has 8 nitrogen and oxygen atoms in total. The summed E-state index contributed by atoms with van der Waals surface area (Å²) in [5.74, 6) is 0.694. The van der Waals surface area contributed by atoms with Crippen LogP contribution in [0.4, 0.5) is 11.5 Å². The average molecular weight is 395 g/mol. The second kappa shape index (κ2) is 8.91. The molecule has 29 heavy (non-hydrogen) atoms. The molecule has 1 unspecified atom stereocenters. The fraction of sp³-hybridized carbons (Fsp3) is 0.381. The maximum absolute atomic E-state index is 12.5. The Balaban J connectivity index is 1.29. The molecule has 8 heteroatoms. The number of morpholine rings is 1. The second-order valence-electron chi connectivity index (χ2n) is 7.13. The molecule has 0 aliphatic carbocycles. The number of aliphatic imine (C=N–C) groups is 1. The summed E-state index contributed by atoms with van der Waals surface area (Å²) >= 11 is 0. The van der Waals surface area contributed by atoms with Crippen LogP contribution in [0.5, 0.6) is 0 Å². The zero-order valence-electron chi connectivity index (χ0n) is 16.2. The quantitative estimate of drug-likeness (QED) is 0.774. The number of aryl methyl sites for hydroxylation is 1. The normalized spacial score (nSPS) is 18.8. The molecule has 1 aromatic carbocycles. The van der Waals surface area contributed by atoms with Gasteiger partial charge in [-0.25, -0.2) is 9.98 Å². The van der Waals surface area contributed by atoms with Crippen LogP contribution in [0.15, 0.2) is 47.6 Å². The number of hydrogen-bond acceptors (Lipinski definition) is 7. The monoisotopic (exact) mass is 395 g/mol. The maximum Gasteiger partial charge on any atom is 0.282 e. The number of amidine groups is 1. The number of anilines is 2. The number of pyridine rings is 1. The highest BCUT2D eigenvalue weighted by Gasteiger charge is 2.16. The van der Waals surface area contributed by atoms with E-state index in [9.17, 15) is 4.79 Å². The highest BCUT2D eigenvalue weighted by atomic mass is 16.5. The lowest BCUT2D eigenvalue weighted by atomic mass is 10.1. The third-order valence-electron chi connectivity index (χ3n) is 5.06. The predicted octanol–water partition coefficient (Wildman–Crippen LogP) is 1.82. The molecule has 0 spiro atoms. The molecule has 0 bridgehead atoms. The standard InChI is InChI=1S/C21H25N5O3/c22-21-25-18(14-29-21)7-3-15-1-5-17(6-2-15)24-20(27)16-4-8-19(23-13-16)26-9-11-28-12-10-26/h1-2,4-6,8,13,18H,3,7,9-12,14H2,(H2,22,25)(H,24,27). The molecule has 0 saturated carbocycles. The summed E-state index contributed by atoms with van der Waals surface area (Å²) in [4.78, 5) is 23.3. The van der Waals surface area contributed by atoms with Crippen LogP contribution in [0, 0.1) is 0 Å². The van der Waals surface area contributed by atoms with Gasteiger partial charge in [0.15, 0.2) is 0 Å². The average Bonchev–Trinajstić information content (AvgIpc) is 3.19. The van der Waals surface area contributed by atoms with Gasteiger partial charge in [0.25, 0.3) is 11.9 Å². The Morgan fingerprint density at radius 3 is 2.62 bits per heavy atom. The fourth-order valence-corrected chi connectivity index (χ4v) is 3.38. The largest absolute Gasteiger partial charge is 0.463 e. The lowest BCUT2D eigenvalue weighted by molar-refractivity contribution is 0.102. The first-order chi connectivity index (χ1) is 14.2. The van der Waals surface area contributed by atoms with Crippen LogP contribution in [0.1, 0.15) is 22.3 Å². The predicted molar refractivity (Wildman–Crippen MR) is 111 cm³/mol. The van der Waals surface area contributed by atoms with E-state index >= 15 is 0 Å². The Labute approximate surface area is 169 Å². The van der Waals surface area contributed by atoms with Gasteiger partial charge in [-0.05, 0) is 42.7 Å². The molecule has 1 amide bonds. The smallest absolute Gasteiger partial charge is 0.282 e. The van der Waals surface area contributed by atoms with E-state index < -0.39 is 0 Å². The van der Waals surface area contributed by atoms with Crippen LogP contribution in [-0.4, -0.2) is 55.9 Å². The number of benzene rings is 1. The van der Waals surface area contributed by atoms with Crippen LogP contribution in [0.2, 0.25) is 0 Å². The minimum Gasteiger partial charge on any atom is -0.463 e. The van der Waals surface area contributed by atoms with Crippen molar-refractivity contribution in [3.05, 3.63) is 53.7 Å². The molecule has 2 aliphatic rings. The summed E-state index contributed by atoms with van der Waals surface area (Å²) in [6, 6.07) is 11.9. The number of carbonyl (C=O) groups is 1. The lowest BCUT2D eigenvalue weighted by Crippen LogP contribution is -2.36. The maximum atomic E-state index is 12.5. The summed E-state index contributed by atoms with van der Waals surface area (Å²) in [7, 11) is 0. The highest BCUT2D eigenvalue weighted by molar-refractivity contribution is 6.04. The first kappa shape index (κ1) is 19.2. The van der Waals surface area contributed by atoms with Gasteiger partial charge in [0.1, 0.15) is 12.4 Å². The van der Waals surface area contributed by atoms with Gasteiger partial charge in [-0.2, -0.15) is 0 Å². The van der Waals surface area contributed by atoms with Crippen LogP contribution in [0.3, 0.4) is 0 Å². The molecule has 1 saturated heterocycles. The molecule has 1 fully saturated rings. The third kappa shape index (κ3) is 5.03. The van der Waals surface area contributed by atoms with Crippen LogP contribution < -0.4 is 16.0 Å². The van der Waals surface area contributed by atoms with Gasteiger partial charge >= 0.3 is 0 Å². The summed E-state index contributed by atoms with van der Waals surface area (Å²) in [6.07, 6.45) is 3.38. The molecule has 4 rings (SSSR count). The Bertz CT molecular complexity index is 861. The number of rotatable bonds is 6. The number of nitrogens with one attached hydrogen (secondary N) is 1. The van der Waals surface area contributed by atoms with Gasteiger partial charge in [0, 0.05) is 25.0 Å². The number of aromatic nitrogens is 1. The Kier molecular flexibility index (Phi) is 5.90. The van der Waals surface area contributed by atoms with Gasteiger partial charge in [0.2, 0.25) is 0 Å². The highest BCUT2D eigenvalue weighted by Crippen LogP contribution is 2.17. The Hall–Kier alpha value is -3.13. The van der Waals surface area contributed by atoms with Crippen LogP contribution in [0.25, 0.3) is 0 Å². The van der Waals surface area contributed by atoms with E-state index in [4.69, 9.17) is 15.2 Å². The Morgan fingerprint density at radius 1 is 1.17 bits per heavy atom. The summed E-state index contributed by atoms with van der Waals surface area (Å²) in [5, 5.41) is 2.92. The molecule has 2 aliphatic heterocycles. The zero-order valence-corrected chi connectivity index (χ0v) is 16.2. The van der Waals surface area contributed by atoms with Crippen LogP contribution in [-0.2, 0) is 15.9 Å². The molecule has 0 radical (unpaired) electrons. The second-order valence-corrected chi connectivity index (χ2v) is 7.13. The SMILES string of the molecule is NC1=NC(CCc2ccc(NC(=O)c3ccc(N4CCOCC4)nc3)cc2)CO1. The first-order valence-electron chi connectivity index (χ1n) is 9.82. The van der Waals surface area contributed by atoms with E-state index in [-0.39, 0.29) is 18.0 Å². The van der Waals surface area contributed by atoms with Crippen LogP contribution >= 0.6 is 0 Å². The first-order valence-corrected chi connectivity index (χ1v) is 9.82. The van der Waals surface area contributed by atoms with Gasteiger partial charge in [-0.15, -0.1) is 0 Å². The molecule has 152 valence electrons. The number of nitrogens with zero attached hydrogens (tertiary/aromatic N) is 3. The van der Waals surface area contributed by atoms with Crippen molar-refractivity contribution in [3.63, 3.8) is 0 Å². The molecular formula is C21H25N5O3. The number of nitrogens with two attached hydrogens (primary N) is 1. The van der Waals surface area contributed by atoms with Crippen molar-refractivity contribution in [2.45, 2.75) is 18.9 Å². The van der Waals surface area contributed by atoms with E-state index in [1.807, 2.05) is 30.3 Å². The van der Waals surface area contributed by atoms with E-state index in [1.165, 1.54) is 5.56 Å². The fourth-order valence-electron chi connectivity index (χ4n) is 3.38. The minimum atomic E-state index is -0.174. The molecule has 1 atom stereocenters. The summed E-state index contributed by atoms with van der Waals surface area (Å²) < 4.78 is 10.5. The lowest BCUT2D eigenvalue weighted by Gasteiger charge is -2.27.